The molecule has 0 aliphatic carbocycles. The lowest BCUT2D eigenvalue weighted by Crippen LogP contribution is -2.37. The van der Waals surface area contributed by atoms with Crippen LogP contribution < -0.4 is 26.0 Å². The highest BCUT2D eigenvalue weighted by atomic mass is 35.5. The van der Waals surface area contributed by atoms with E-state index in [1.807, 2.05) is 56.3 Å². The quantitative estimate of drug-likeness (QED) is 0.378. The van der Waals surface area contributed by atoms with Crippen LogP contribution >= 0.6 is 11.6 Å². The van der Waals surface area contributed by atoms with Gasteiger partial charge in [0.2, 0.25) is 0 Å². The number of halogens is 1. The van der Waals surface area contributed by atoms with E-state index in [1.165, 1.54) is 0 Å². The first kappa shape index (κ1) is 23.3. The summed E-state index contributed by atoms with van der Waals surface area (Å²) < 4.78 is 5.17. The van der Waals surface area contributed by atoms with Crippen LogP contribution in [0.4, 0.5) is 10.5 Å². The number of anilines is 1. The smallest absolute Gasteiger partial charge is 0.319 e. The first-order valence-electron chi connectivity index (χ1n) is 9.84. The van der Waals surface area contributed by atoms with Gasteiger partial charge >= 0.3 is 6.03 Å². The maximum absolute atomic E-state index is 11.7. The molecule has 0 saturated heterocycles. The summed E-state index contributed by atoms with van der Waals surface area (Å²) in [5.41, 5.74) is 2.87. The minimum Gasteiger partial charge on any atom is -0.497 e. The first-order valence-corrected chi connectivity index (χ1v) is 10.2. The first-order chi connectivity index (χ1) is 14.4. The lowest BCUT2D eigenvalue weighted by molar-refractivity contribution is 0.250. The number of rotatable bonds is 8. The molecule has 0 unspecified atom stereocenters. The zero-order valence-corrected chi connectivity index (χ0v) is 18.6. The number of nitrogens with one attached hydrogen (secondary N) is 4. The molecule has 0 bridgehead atoms. The van der Waals surface area contributed by atoms with E-state index in [9.17, 15) is 4.79 Å². The molecule has 2 rings (SSSR count). The Labute approximate surface area is 183 Å². The lowest BCUT2D eigenvalue weighted by Gasteiger charge is -2.13. The summed E-state index contributed by atoms with van der Waals surface area (Å²) in [5, 5.41) is 12.9. The van der Waals surface area contributed by atoms with E-state index in [0.717, 1.165) is 29.0 Å². The number of amides is 2. The number of benzene rings is 2. The van der Waals surface area contributed by atoms with Gasteiger partial charge in [-0.05, 0) is 55.7 Å². The molecule has 4 N–H and O–H groups in total. The summed E-state index contributed by atoms with van der Waals surface area (Å²) in [6.07, 6.45) is 0.766. The number of urea groups is 1. The number of methoxy groups -OCH3 is 1. The van der Waals surface area contributed by atoms with Crippen molar-refractivity contribution in [3.63, 3.8) is 0 Å². The predicted octanol–water partition coefficient (Wildman–Crippen LogP) is 3.79. The van der Waals surface area contributed by atoms with Crippen LogP contribution in [-0.2, 0) is 13.0 Å². The number of guanidine groups is 1. The zero-order chi connectivity index (χ0) is 21.9. The van der Waals surface area contributed by atoms with Gasteiger partial charge in [0.1, 0.15) is 5.75 Å². The molecule has 0 heterocycles. The van der Waals surface area contributed by atoms with Crippen molar-refractivity contribution in [2.24, 2.45) is 4.99 Å². The molecule has 8 heteroatoms. The van der Waals surface area contributed by atoms with E-state index in [-0.39, 0.29) is 12.1 Å². The summed E-state index contributed by atoms with van der Waals surface area (Å²) >= 11 is 6.28. The molecule has 162 valence electrons. The second-order valence-electron chi connectivity index (χ2n) is 7.01. The minimum atomic E-state index is -0.211. The fourth-order valence-corrected chi connectivity index (χ4v) is 2.98. The van der Waals surface area contributed by atoms with Gasteiger partial charge in [-0.25, -0.2) is 4.79 Å². The molecule has 0 atom stereocenters. The van der Waals surface area contributed by atoms with Gasteiger partial charge in [-0.3, -0.25) is 4.99 Å². The molecule has 0 fully saturated rings. The Kier molecular flexibility index (Phi) is 9.28. The average molecular weight is 432 g/mol. The third-order valence-electron chi connectivity index (χ3n) is 4.26. The largest absolute Gasteiger partial charge is 0.497 e. The van der Waals surface area contributed by atoms with Crippen molar-refractivity contribution >= 4 is 29.3 Å². The third-order valence-corrected chi connectivity index (χ3v) is 4.61. The van der Waals surface area contributed by atoms with Gasteiger partial charge in [0.05, 0.1) is 7.11 Å². The Morgan fingerprint density at radius 2 is 1.87 bits per heavy atom. The molecule has 2 aromatic carbocycles. The summed E-state index contributed by atoms with van der Waals surface area (Å²) in [6, 6.07) is 13.2. The summed E-state index contributed by atoms with van der Waals surface area (Å²) in [6.45, 7) is 5.14. The highest BCUT2D eigenvalue weighted by Gasteiger charge is 2.05. The number of ether oxygens (including phenoxy) is 1. The Hall–Kier alpha value is -2.93. The van der Waals surface area contributed by atoms with Gasteiger partial charge in [0, 0.05) is 36.9 Å². The lowest BCUT2D eigenvalue weighted by atomic mass is 10.1. The molecular formula is C22H30ClN5O2. The fraction of sp³-hybridized carbons (Fsp3) is 0.364. The van der Waals surface area contributed by atoms with Crippen LogP contribution in [-0.4, -0.2) is 38.7 Å². The minimum absolute atomic E-state index is 0.0912. The molecule has 2 amide bonds. The van der Waals surface area contributed by atoms with Crippen LogP contribution in [0.2, 0.25) is 5.02 Å². The van der Waals surface area contributed by atoms with Crippen LogP contribution in [0.25, 0.3) is 0 Å². The highest BCUT2D eigenvalue weighted by Crippen LogP contribution is 2.22. The summed E-state index contributed by atoms with van der Waals surface area (Å²) in [5.74, 6) is 1.45. The summed E-state index contributed by atoms with van der Waals surface area (Å²) in [7, 11) is 3.35. The van der Waals surface area contributed by atoms with Crippen molar-refractivity contribution in [2.45, 2.75) is 32.9 Å². The van der Waals surface area contributed by atoms with E-state index in [1.54, 1.807) is 14.2 Å². The van der Waals surface area contributed by atoms with E-state index in [4.69, 9.17) is 16.3 Å². The van der Waals surface area contributed by atoms with Gasteiger partial charge < -0.3 is 26.0 Å². The van der Waals surface area contributed by atoms with Crippen molar-refractivity contribution in [1.82, 2.24) is 16.0 Å². The van der Waals surface area contributed by atoms with Gasteiger partial charge in [-0.1, -0.05) is 29.8 Å². The second kappa shape index (κ2) is 11.9. The SMILES string of the molecule is CN=C(NCCc1ccc(OC)cc1Cl)NCc1ccc(NC(=O)NC(C)C)cc1. The van der Waals surface area contributed by atoms with Gasteiger partial charge in [0.15, 0.2) is 5.96 Å². The third kappa shape index (κ3) is 7.83. The molecule has 30 heavy (non-hydrogen) atoms. The van der Waals surface area contributed by atoms with Crippen LogP contribution in [0.3, 0.4) is 0 Å². The number of aliphatic imine (C=N–C) groups is 1. The molecule has 0 aliphatic heterocycles. The Balaban J connectivity index is 1.78. The van der Waals surface area contributed by atoms with Crippen LogP contribution in [0.15, 0.2) is 47.5 Å². The van der Waals surface area contributed by atoms with Gasteiger partial charge in [-0.2, -0.15) is 0 Å². The standard InChI is InChI=1S/C22H30ClN5O2/c1-15(2)27-22(29)28-18-8-5-16(6-9-18)14-26-21(24-3)25-12-11-17-7-10-19(30-4)13-20(17)23/h5-10,13,15H,11-12,14H2,1-4H3,(H2,24,25,26)(H2,27,28,29). The van der Waals surface area contributed by atoms with Crippen molar-refractivity contribution in [1.29, 1.82) is 0 Å². The molecule has 7 nitrogen and oxygen atoms in total. The predicted molar refractivity (Wildman–Crippen MR) is 124 cm³/mol. The maximum Gasteiger partial charge on any atom is 0.319 e. The van der Waals surface area contributed by atoms with Gasteiger partial charge in [-0.15, -0.1) is 0 Å². The van der Waals surface area contributed by atoms with Crippen LogP contribution in [0.1, 0.15) is 25.0 Å². The number of carbonyl (C=O) groups excluding carboxylic acids is 1. The Morgan fingerprint density at radius 3 is 2.47 bits per heavy atom. The van der Waals surface area contributed by atoms with Crippen molar-refractivity contribution in [2.75, 3.05) is 26.0 Å². The molecule has 0 radical (unpaired) electrons. The second-order valence-corrected chi connectivity index (χ2v) is 7.42. The zero-order valence-electron chi connectivity index (χ0n) is 17.9. The van der Waals surface area contributed by atoms with Crippen LogP contribution in [0.5, 0.6) is 5.75 Å². The Bertz CT molecular complexity index is 853. The van der Waals surface area contributed by atoms with Crippen LogP contribution in [0, 0.1) is 0 Å². The topological polar surface area (TPSA) is 86.8 Å². The molecule has 0 aliphatic rings. The maximum atomic E-state index is 11.7. The number of hydrogen-bond acceptors (Lipinski definition) is 3. The molecular weight excluding hydrogens is 402 g/mol. The number of carbonyl (C=O) groups is 1. The monoisotopic (exact) mass is 431 g/mol. The average Bonchev–Trinajstić information content (AvgIpc) is 2.72. The molecule has 0 spiro atoms. The fourth-order valence-electron chi connectivity index (χ4n) is 2.72. The number of hydrogen-bond donors (Lipinski definition) is 4. The van der Waals surface area contributed by atoms with Crippen molar-refractivity contribution in [3.05, 3.63) is 58.6 Å². The molecule has 0 saturated carbocycles. The van der Waals surface area contributed by atoms with E-state index >= 15 is 0 Å². The molecule has 2 aromatic rings. The van der Waals surface area contributed by atoms with E-state index in [2.05, 4.69) is 26.3 Å². The normalized spacial score (nSPS) is 11.2. The van der Waals surface area contributed by atoms with E-state index < -0.39 is 0 Å². The van der Waals surface area contributed by atoms with Crippen molar-refractivity contribution < 1.29 is 9.53 Å². The molecule has 0 aromatic heterocycles. The highest BCUT2D eigenvalue weighted by molar-refractivity contribution is 6.31. The van der Waals surface area contributed by atoms with E-state index in [0.29, 0.717) is 24.1 Å². The van der Waals surface area contributed by atoms with Crippen molar-refractivity contribution in [3.8, 4) is 5.75 Å². The number of nitrogens with zero attached hydrogens (tertiary/aromatic N) is 1. The Morgan fingerprint density at radius 1 is 1.13 bits per heavy atom. The van der Waals surface area contributed by atoms with Gasteiger partial charge in [0.25, 0.3) is 0 Å². The summed E-state index contributed by atoms with van der Waals surface area (Å²) in [4.78, 5) is 16.0.